The molecule has 176 valence electrons. The Kier molecular flexibility index (Phi) is 9.09. The first-order chi connectivity index (χ1) is 12.6. The quantitative estimate of drug-likeness (QED) is 0.470. The first-order valence-electron chi connectivity index (χ1n) is 11.2. The number of nitrogens with zero attached hydrogens (tertiary/aromatic N) is 2. The highest BCUT2D eigenvalue weighted by atomic mass is 16.3. The molecule has 0 fully saturated rings. The third-order valence-corrected chi connectivity index (χ3v) is 7.50. The Balaban J connectivity index is 6.20. The van der Waals surface area contributed by atoms with Gasteiger partial charge in [0.1, 0.15) is 0 Å². The van der Waals surface area contributed by atoms with Crippen LogP contribution in [0.15, 0.2) is 0 Å². The zero-order chi connectivity index (χ0) is 23.7. The van der Waals surface area contributed by atoms with Gasteiger partial charge in [-0.15, -0.1) is 0 Å². The molecule has 0 saturated carbocycles. The largest absolute Gasteiger partial charge is 0.396 e. The Morgan fingerprint density at radius 2 is 1.00 bits per heavy atom. The Morgan fingerprint density at radius 3 is 1.34 bits per heavy atom. The van der Waals surface area contributed by atoms with E-state index in [2.05, 4.69) is 107 Å². The van der Waals surface area contributed by atoms with Crippen molar-refractivity contribution in [2.45, 2.75) is 113 Å². The fourth-order valence-corrected chi connectivity index (χ4v) is 4.86. The monoisotopic (exact) mass is 414 g/mol. The van der Waals surface area contributed by atoms with Crippen LogP contribution in [0.2, 0.25) is 0 Å². The van der Waals surface area contributed by atoms with Crippen molar-refractivity contribution in [2.24, 2.45) is 16.2 Å². The highest BCUT2D eigenvalue weighted by Gasteiger charge is 2.49. The molecule has 0 aliphatic rings. The molecule has 0 bridgehead atoms. The van der Waals surface area contributed by atoms with Crippen LogP contribution in [0.5, 0.6) is 0 Å². The van der Waals surface area contributed by atoms with Crippen molar-refractivity contribution in [1.82, 2.24) is 9.80 Å². The smallest absolute Gasteiger partial charge is 0.0499 e. The first-order valence-corrected chi connectivity index (χ1v) is 11.2. The molecule has 4 heteroatoms. The average Bonchev–Trinajstić information content (AvgIpc) is 2.50. The maximum Gasteiger partial charge on any atom is 0.0499 e. The van der Waals surface area contributed by atoms with E-state index >= 15 is 0 Å². The summed E-state index contributed by atoms with van der Waals surface area (Å²) in [7, 11) is 4.31. The Morgan fingerprint density at radius 1 is 0.586 bits per heavy atom. The molecule has 4 nitrogen and oxygen atoms in total. The Labute approximate surface area is 183 Å². The van der Waals surface area contributed by atoms with E-state index in [1.807, 2.05) is 0 Å². The lowest BCUT2D eigenvalue weighted by atomic mass is 9.68. The normalized spacial score (nSPS) is 15.5. The van der Waals surface area contributed by atoms with Gasteiger partial charge in [-0.25, -0.2) is 0 Å². The van der Waals surface area contributed by atoms with Crippen LogP contribution >= 0.6 is 0 Å². The van der Waals surface area contributed by atoms with Gasteiger partial charge in [0.2, 0.25) is 0 Å². The molecule has 0 aromatic heterocycles. The summed E-state index contributed by atoms with van der Waals surface area (Å²) in [5, 5.41) is 20.1. The minimum Gasteiger partial charge on any atom is -0.396 e. The molecule has 29 heavy (non-hydrogen) atoms. The molecule has 0 atom stereocenters. The van der Waals surface area contributed by atoms with Crippen molar-refractivity contribution >= 4 is 0 Å². The summed E-state index contributed by atoms with van der Waals surface area (Å²) in [6.07, 6.45) is 1.95. The van der Waals surface area contributed by atoms with E-state index in [0.717, 1.165) is 19.4 Å². The van der Waals surface area contributed by atoms with Crippen molar-refractivity contribution in [3.63, 3.8) is 0 Å². The maximum atomic E-state index is 10.2. The Bertz CT molecular complexity index is 517. The summed E-state index contributed by atoms with van der Waals surface area (Å²) in [5.74, 6) is 0. The molecule has 0 aliphatic heterocycles. The van der Waals surface area contributed by atoms with Crippen molar-refractivity contribution in [3.8, 4) is 0 Å². The molecule has 0 aromatic carbocycles. The minimum atomic E-state index is -0.263. The number of aliphatic hydroxyl groups excluding tert-OH is 2. The van der Waals surface area contributed by atoms with Crippen LogP contribution in [0.1, 0.15) is 95.9 Å². The van der Waals surface area contributed by atoms with Gasteiger partial charge in [0.15, 0.2) is 0 Å². The average molecular weight is 415 g/mol. The first kappa shape index (κ1) is 28.8. The van der Waals surface area contributed by atoms with Crippen LogP contribution < -0.4 is 0 Å². The number of hydrogen-bond donors (Lipinski definition) is 2. The molecule has 2 N–H and O–H groups in total. The predicted molar refractivity (Wildman–Crippen MR) is 127 cm³/mol. The van der Waals surface area contributed by atoms with Crippen LogP contribution in [0.25, 0.3) is 0 Å². The van der Waals surface area contributed by atoms with Gasteiger partial charge >= 0.3 is 0 Å². The van der Waals surface area contributed by atoms with E-state index < -0.39 is 0 Å². The number of aliphatic hydroxyl groups is 2. The zero-order valence-corrected chi connectivity index (χ0v) is 22.3. The zero-order valence-electron chi connectivity index (χ0n) is 22.3. The summed E-state index contributed by atoms with van der Waals surface area (Å²) >= 11 is 0. The molecule has 0 aromatic rings. The SMILES string of the molecule is CN(C)C(C)(C)CC(C)(C)CN(C(C)(C)CC(C)(C)CO)C(C)(C)C(C)(C)CO. The van der Waals surface area contributed by atoms with Crippen molar-refractivity contribution < 1.29 is 10.2 Å². The van der Waals surface area contributed by atoms with E-state index in [-0.39, 0.29) is 46.1 Å². The summed E-state index contributed by atoms with van der Waals surface area (Å²) in [6, 6.07) is 0. The van der Waals surface area contributed by atoms with Gasteiger partial charge in [0, 0.05) is 41.8 Å². The molecule has 0 rings (SSSR count). The lowest BCUT2D eigenvalue weighted by Gasteiger charge is -2.58. The van der Waals surface area contributed by atoms with Crippen molar-refractivity contribution in [2.75, 3.05) is 33.9 Å². The second kappa shape index (κ2) is 9.14. The van der Waals surface area contributed by atoms with Crippen molar-refractivity contribution in [1.29, 1.82) is 0 Å². The number of hydrogen-bond acceptors (Lipinski definition) is 4. The van der Waals surface area contributed by atoms with Crippen LogP contribution in [0.4, 0.5) is 0 Å². The topological polar surface area (TPSA) is 46.9 Å². The van der Waals surface area contributed by atoms with Gasteiger partial charge < -0.3 is 15.1 Å². The summed E-state index contributed by atoms with van der Waals surface area (Å²) in [5.41, 5.74) is -0.607. The van der Waals surface area contributed by atoms with Crippen LogP contribution in [-0.2, 0) is 0 Å². The van der Waals surface area contributed by atoms with Crippen LogP contribution in [0.3, 0.4) is 0 Å². The Hall–Kier alpha value is -0.160. The molecule has 0 radical (unpaired) electrons. The fourth-order valence-electron chi connectivity index (χ4n) is 4.86. The molecular weight excluding hydrogens is 360 g/mol. The second-order valence-electron chi connectivity index (χ2n) is 13.5. The van der Waals surface area contributed by atoms with E-state index in [1.54, 1.807) is 0 Å². The van der Waals surface area contributed by atoms with Gasteiger partial charge in [0.05, 0.1) is 0 Å². The highest BCUT2D eigenvalue weighted by molar-refractivity contribution is 5.04. The fraction of sp³-hybridized carbons (Fsp3) is 1.00. The molecule has 0 spiro atoms. The summed E-state index contributed by atoms with van der Waals surface area (Å²) in [6.45, 7) is 28.3. The van der Waals surface area contributed by atoms with Crippen LogP contribution in [0, 0.1) is 16.2 Å². The molecule has 0 amide bonds. The molecule has 0 aliphatic carbocycles. The lowest BCUT2D eigenvalue weighted by Crippen LogP contribution is -2.65. The van der Waals surface area contributed by atoms with E-state index in [1.165, 1.54) is 0 Å². The maximum absolute atomic E-state index is 10.2. The van der Waals surface area contributed by atoms with Gasteiger partial charge in [0.25, 0.3) is 0 Å². The van der Waals surface area contributed by atoms with E-state index in [4.69, 9.17) is 0 Å². The second-order valence-corrected chi connectivity index (χ2v) is 13.5. The summed E-state index contributed by atoms with van der Waals surface area (Å²) in [4.78, 5) is 4.92. The van der Waals surface area contributed by atoms with Gasteiger partial charge in [-0.1, -0.05) is 41.5 Å². The summed E-state index contributed by atoms with van der Waals surface area (Å²) < 4.78 is 0. The third kappa shape index (κ3) is 7.48. The minimum absolute atomic E-state index is 0.0806. The van der Waals surface area contributed by atoms with Crippen molar-refractivity contribution in [3.05, 3.63) is 0 Å². The van der Waals surface area contributed by atoms with Crippen LogP contribution in [-0.4, -0.2) is 70.5 Å². The van der Waals surface area contributed by atoms with Gasteiger partial charge in [-0.3, -0.25) is 4.90 Å². The molecule has 0 heterocycles. The predicted octanol–water partition coefficient (Wildman–Crippen LogP) is 5.03. The van der Waals surface area contributed by atoms with E-state index in [0.29, 0.717) is 0 Å². The highest BCUT2D eigenvalue weighted by Crippen LogP contribution is 2.45. The lowest BCUT2D eigenvalue weighted by molar-refractivity contribution is -0.107. The molecular formula is C25H54N2O2. The molecule has 0 unspecified atom stereocenters. The molecule has 0 saturated heterocycles. The van der Waals surface area contributed by atoms with E-state index in [9.17, 15) is 10.2 Å². The standard InChI is InChI=1S/C25H54N2O2/c1-20(2,15-23(7,8)26(13)14)17-27(25(11,12)22(5,6)19-29)24(9,10)16-21(3,4)18-28/h28-29H,15-19H2,1-14H3. The van der Waals surface area contributed by atoms with Gasteiger partial charge in [-0.2, -0.15) is 0 Å². The number of rotatable bonds is 12. The third-order valence-electron chi connectivity index (χ3n) is 7.50. The van der Waals surface area contributed by atoms with Gasteiger partial charge in [-0.05, 0) is 79.3 Å².